The fourth-order valence-corrected chi connectivity index (χ4v) is 3.09. The molecule has 0 bridgehead atoms. The van der Waals surface area contributed by atoms with Crippen LogP contribution in [0.15, 0.2) is 9.68 Å². The molecule has 0 spiro atoms. The smallest absolute Gasteiger partial charge is 0.389 e. The summed E-state index contributed by atoms with van der Waals surface area (Å²) in [6.07, 6.45) is -5.14. The molecule has 3 aromatic heterocycles. The number of hydrogen-bond donors (Lipinski definition) is 0. The predicted octanol–water partition coefficient (Wildman–Crippen LogP) is 3.30. The zero-order chi connectivity index (χ0) is 21.2. The summed E-state index contributed by atoms with van der Waals surface area (Å²) in [5.74, 6) is 0.816. The summed E-state index contributed by atoms with van der Waals surface area (Å²) < 4.78 is 49.4. The molecule has 0 radical (unpaired) electrons. The minimum Gasteiger partial charge on any atom is -0.469 e. The quantitative estimate of drug-likeness (QED) is 0.413. The summed E-state index contributed by atoms with van der Waals surface area (Å²) in [7, 11) is 0. The van der Waals surface area contributed by atoms with Gasteiger partial charge in [0.1, 0.15) is 0 Å². The van der Waals surface area contributed by atoms with Crippen molar-refractivity contribution in [2.45, 2.75) is 52.1 Å². The monoisotopic (exact) mass is 429 g/mol. The van der Waals surface area contributed by atoms with Gasteiger partial charge in [-0.15, -0.1) is 5.10 Å². The molecule has 29 heavy (non-hydrogen) atoms. The molecule has 13 heteroatoms. The van der Waals surface area contributed by atoms with E-state index in [4.69, 9.17) is 9.26 Å². The lowest BCUT2D eigenvalue weighted by atomic mass is 10.3. The lowest BCUT2D eigenvalue weighted by Gasteiger charge is -2.11. The normalized spacial score (nSPS) is 11.8. The molecule has 0 N–H and O–H groups in total. The lowest BCUT2D eigenvalue weighted by Crippen LogP contribution is -2.10. The summed E-state index contributed by atoms with van der Waals surface area (Å²) in [6, 6.07) is 0. The van der Waals surface area contributed by atoms with Crippen LogP contribution in [0.4, 0.5) is 13.2 Å². The maximum Gasteiger partial charge on any atom is 0.389 e. The molecule has 0 aliphatic carbocycles. The van der Waals surface area contributed by atoms with Gasteiger partial charge in [0.25, 0.3) is 5.88 Å². The molecule has 3 aromatic rings. The van der Waals surface area contributed by atoms with E-state index in [0.29, 0.717) is 28.7 Å². The molecule has 0 amide bonds. The van der Waals surface area contributed by atoms with Gasteiger partial charge in [0.2, 0.25) is 5.88 Å². The van der Waals surface area contributed by atoms with Gasteiger partial charge in [-0.2, -0.15) is 22.8 Å². The third-order valence-electron chi connectivity index (χ3n) is 4.14. The number of nitrogens with zero attached hydrogens (tertiary/aromatic N) is 7. The third kappa shape index (κ3) is 5.02. The minimum absolute atomic E-state index is 0.0316. The summed E-state index contributed by atoms with van der Waals surface area (Å²) in [6.45, 7) is 7.10. The number of rotatable bonds is 7. The Morgan fingerprint density at radius 3 is 2.48 bits per heavy atom. The second kappa shape index (κ2) is 8.35. The van der Waals surface area contributed by atoms with Crippen molar-refractivity contribution in [3.8, 4) is 11.8 Å². The minimum atomic E-state index is -4.22. The summed E-state index contributed by atoms with van der Waals surface area (Å²) in [5.41, 5.74) is 2.79. The molecule has 3 rings (SSSR count). The zero-order valence-corrected chi connectivity index (χ0v) is 16.9. The fraction of sp³-hybridized carbons (Fsp3) is 0.500. The number of aryl methyl sites for hydroxylation is 2. The van der Waals surface area contributed by atoms with E-state index in [0.717, 1.165) is 17.3 Å². The van der Waals surface area contributed by atoms with Gasteiger partial charge >= 0.3 is 6.18 Å². The van der Waals surface area contributed by atoms with Crippen LogP contribution in [0, 0.1) is 27.7 Å². The largest absolute Gasteiger partial charge is 0.469 e. The van der Waals surface area contributed by atoms with Crippen LogP contribution >= 0.6 is 11.8 Å². The van der Waals surface area contributed by atoms with Crippen molar-refractivity contribution in [1.29, 1.82) is 0 Å². The van der Waals surface area contributed by atoms with Crippen LogP contribution in [-0.4, -0.2) is 47.3 Å². The van der Waals surface area contributed by atoms with Gasteiger partial charge in [-0.3, -0.25) is 0 Å². The van der Waals surface area contributed by atoms with Gasteiger partial charge in [0.15, 0.2) is 17.6 Å². The number of alkyl halides is 3. The van der Waals surface area contributed by atoms with E-state index < -0.39 is 12.6 Å². The van der Waals surface area contributed by atoms with Gasteiger partial charge in [-0.1, -0.05) is 16.9 Å². The number of thioether (sulfide) groups is 1. The number of tetrazole rings is 1. The molecule has 0 fully saturated rings. The van der Waals surface area contributed by atoms with Crippen molar-refractivity contribution in [3.63, 3.8) is 0 Å². The average molecular weight is 429 g/mol. The van der Waals surface area contributed by atoms with Crippen molar-refractivity contribution in [2.75, 3.05) is 5.75 Å². The van der Waals surface area contributed by atoms with Crippen LogP contribution in [0.25, 0.3) is 5.88 Å². The summed E-state index contributed by atoms with van der Waals surface area (Å²) >= 11 is 0.921. The first-order chi connectivity index (χ1) is 13.7. The number of aromatic nitrogens is 7. The first kappa shape index (κ1) is 21.0. The van der Waals surface area contributed by atoms with Gasteiger partial charge in [0.05, 0.1) is 12.1 Å². The molecule has 0 aliphatic heterocycles. The number of halogens is 3. The van der Waals surface area contributed by atoms with Crippen molar-refractivity contribution in [3.05, 3.63) is 28.3 Å². The van der Waals surface area contributed by atoms with Crippen LogP contribution in [0.5, 0.6) is 5.88 Å². The Morgan fingerprint density at radius 2 is 1.83 bits per heavy atom. The number of hydrogen-bond acceptors (Lipinski definition) is 9. The molecule has 0 aromatic carbocycles. The molecule has 0 saturated heterocycles. The first-order valence-corrected chi connectivity index (χ1v) is 9.52. The molecule has 0 aliphatic rings. The van der Waals surface area contributed by atoms with E-state index in [1.165, 1.54) is 4.68 Å². The topological polar surface area (TPSA) is 105 Å². The van der Waals surface area contributed by atoms with Gasteiger partial charge in [-0.25, -0.2) is 4.98 Å². The van der Waals surface area contributed by atoms with Crippen LogP contribution < -0.4 is 4.74 Å². The molecule has 3 heterocycles. The Labute approximate surface area is 168 Å². The Balaban J connectivity index is 1.74. The highest BCUT2D eigenvalue weighted by atomic mass is 32.2. The summed E-state index contributed by atoms with van der Waals surface area (Å²) in [4.78, 5) is 8.44. The molecular formula is C16H18F3N7O2S. The maximum absolute atomic E-state index is 12.4. The third-order valence-corrected chi connectivity index (χ3v) is 4.99. The molecule has 156 valence electrons. The van der Waals surface area contributed by atoms with Crippen LogP contribution in [0.1, 0.15) is 34.8 Å². The highest BCUT2D eigenvalue weighted by molar-refractivity contribution is 7.99. The zero-order valence-electron chi connectivity index (χ0n) is 16.1. The van der Waals surface area contributed by atoms with E-state index >= 15 is 0 Å². The van der Waals surface area contributed by atoms with Crippen molar-refractivity contribution >= 4 is 11.8 Å². The molecule has 0 unspecified atom stereocenters. The van der Waals surface area contributed by atoms with E-state index in [2.05, 4.69) is 30.7 Å². The van der Waals surface area contributed by atoms with Gasteiger partial charge < -0.3 is 9.26 Å². The Bertz CT molecular complexity index is 1000. The van der Waals surface area contributed by atoms with Crippen LogP contribution in [0.2, 0.25) is 0 Å². The standard InChI is InChI=1S/C16H18F3N7O2S/c1-8-10(3)20-15(29-6-5-16(17,18)19)21-13(8)27-7-12-22-24-25-26(12)14-9(2)11(4)23-28-14/h5-7H2,1-4H3. The second-order valence-corrected chi connectivity index (χ2v) is 7.29. The Hall–Kier alpha value is -2.70. The molecule has 0 saturated carbocycles. The van der Waals surface area contributed by atoms with Gasteiger partial charge in [0, 0.05) is 22.6 Å². The highest BCUT2D eigenvalue weighted by Crippen LogP contribution is 2.27. The fourth-order valence-electron chi connectivity index (χ4n) is 2.23. The predicted molar refractivity (Wildman–Crippen MR) is 95.9 cm³/mol. The SMILES string of the molecule is Cc1nc(SCCC(F)(F)F)nc(OCc2nnnn2-c2onc(C)c2C)c1C. The molecular weight excluding hydrogens is 411 g/mol. The second-order valence-electron chi connectivity index (χ2n) is 6.23. The first-order valence-electron chi connectivity index (χ1n) is 8.54. The van der Waals surface area contributed by atoms with Crippen LogP contribution in [-0.2, 0) is 6.61 Å². The van der Waals surface area contributed by atoms with E-state index in [9.17, 15) is 13.2 Å². The van der Waals surface area contributed by atoms with E-state index in [1.54, 1.807) is 20.8 Å². The summed E-state index contributed by atoms with van der Waals surface area (Å²) in [5, 5.41) is 15.5. The van der Waals surface area contributed by atoms with E-state index in [1.807, 2.05) is 6.92 Å². The molecule has 9 nitrogen and oxygen atoms in total. The Morgan fingerprint density at radius 1 is 1.07 bits per heavy atom. The lowest BCUT2D eigenvalue weighted by molar-refractivity contribution is -0.129. The van der Waals surface area contributed by atoms with Crippen molar-refractivity contribution in [2.24, 2.45) is 0 Å². The molecule has 0 atom stereocenters. The Kier molecular flexibility index (Phi) is 6.05. The highest BCUT2D eigenvalue weighted by Gasteiger charge is 2.26. The average Bonchev–Trinajstić information content (AvgIpc) is 3.22. The number of ether oxygens (including phenoxy) is 1. The van der Waals surface area contributed by atoms with Gasteiger partial charge in [-0.05, 0) is 38.1 Å². The van der Waals surface area contributed by atoms with Crippen molar-refractivity contribution < 1.29 is 22.4 Å². The van der Waals surface area contributed by atoms with Crippen molar-refractivity contribution in [1.82, 2.24) is 35.3 Å². The maximum atomic E-state index is 12.4. The van der Waals surface area contributed by atoms with E-state index in [-0.39, 0.29) is 23.4 Å². The van der Waals surface area contributed by atoms with Crippen LogP contribution in [0.3, 0.4) is 0 Å².